The summed E-state index contributed by atoms with van der Waals surface area (Å²) in [7, 11) is 2.75. The summed E-state index contributed by atoms with van der Waals surface area (Å²) in [5.41, 5.74) is 2.58. The number of aryl methyl sites for hydroxylation is 1. The van der Waals surface area contributed by atoms with Crippen molar-refractivity contribution in [2.45, 2.75) is 46.5 Å². The average molecular weight is 392 g/mol. The predicted octanol–water partition coefficient (Wildman–Crippen LogP) is 4.53. The molecule has 0 N–H and O–H groups in total. The lowest BCUT2D eigenvalue weighted by atomic mass is 10.1. The maximum Gasteiger partial charge on any atom is 0.360 e. The first-order valence-electron chi connectivity index (χ1n) is 9.41. The van der Waals surface area contributed by atoms with Crippen LogP contribution in [-0.4, -0.2) is 44.0 Å². The summed E-state index contributed by atoms with van der Waals surface area (Å²) in [6, 6.07) is 4.00. The Morgan fingerprint density at radius 3 is 2.41 bits per heavy atom. The van der Waals surface area contributed by atoms with Gasteiger partial charge in [-0.25, -0.2) is 9.78 Å². The Kier molecular flexibility index (Phi) is 8.03. The Bertz CT molecular complexity index is 793. The van der Waals surface area contributed by atoms with Crippen LogP contribution in [0, 0.1) is 6.92 Å². The lowest BCUT2D eigenvalue weighted by Gasteiger charge is -2.21. The minimum atomic E-state index is -0.535. The molecule has 6 nitrogen and oxygen atoms in total. The highest BCUT2D eigenvalue weighted by Crippen LogP contribution is 2.33. The summed E-state index contributed by atoms with van der Waals surface area (Å²) in [4.78, 5) is 24.3. The van der Waals surface area contributed by atoms with Crippen LogP contribution in [0.4, 0.5) is 5.13 Å². The first-order chi connectivity index (χ1) is 13.0. The van der Waals surface area contributed by atoms with E-state index >= 15 is 0 Å². The fourth-order valence-electron chi connectivity index (χ4n) is 2.86. The number of carbonyl (C=O) groups is 1. The molecule has 0 aliphatic heterocycles. The number of nitrogens with zero attached hydrogens (tertiary/aromatic N) is 3. The van der Waals surface area contributed by atoms with E-state index in [1.165, 1.54) is 14.2 Å². The molecule has 0 aliphatic carbocycles. The lowest BCUT2D eigenvalue weighted by molar-refractivity contribution is -0.132. The van der Waals surface area contributed by atoms with Gasteiger partial charge in [0.25, 0.3) is 0 Å². The van der Waals surface area contributed by atoms with Crippen molar-refractivity contribution in [2.75, 3.05) is 32.2 Å². The van der Waals surface area contributed by atoms with Crippen LogP contribution in [0.3, 0.4) is 0 Å². The van der Waals surface area contributed by atoms with E-state index in [-0.39, 0.29) is 5.71 Å². The third kappa shape index (κ3) is 5.19. The van der Waals surface area contributed by atoms with Crippen LogP contribution in [0.1, 0.15) is 50.7 Å². The number of esters is 1. The van der Waals surface area contributed by atoms with Gasteiger partial charge < -0.3 is 14.5 Å². The molecule has 148 valence electrons. The van der Waals surface area contributed by atoms with Gasteiger partial charge in [-0.2, -0.15) is 0 Å². The molecule has 0 fully saturated rings. The molecule has 1 aromatic carbocycles. The van der Waals surface area contributed by atoms with E-state index in [9.17, 15) is 4.79 Å². The second-order valence-corrected chi connectivity index (χ2v) is 7.47. The second kappa shape index (κ2) is 10.3. The van der Waals surface area contributed by atoms with Crippen LogP contribution in [-0.2, 0) is 14.4 Å². The zero-order valence-electron chi connectivity index (χ0n) is 16.9. The monoisotopic (exact) mass is 391 g/mol. The number of ether oxygens (including phenoxy) is 1. The number of hydrogen-bond donors (Lipinski definition) is 0. The minimum absolute atomic E-state index is 0.138. The number of rotatable bonds is 10. The minimum Gasteiger partial charge on any atom is -0.464 e. The third-order valence-corrected chi connectivity index (χ3v) is 5.34. The molecule has 1 aromatic heterocycles. The summed E-state index contributed by atoms with van der Waals surface area (Å²) >= 11 is 1.66. The predicted molar refractivity (Wildman–Crippen MR) is 112 cm³/mol. The number of anilines is 1. The van der Waals surface area contributed by atoms with Crippen molar-refractivity contribution in [1.82, 2.24) is 4.98 Å². The Morgan fingerprint density at radius 1 is 1.19 bits per heavy atom. The van der Waals surface area contributed by atoms with E-state index in [1.54, 1.807) is 11.3 Å². The Labute approximate surface area is 165 Å². The normalized spacial score (nSPS) is 11.7. The second-order valence-electron chi connectivity index (χ2n) is 6.46. The highest BCUT2D eigenvalue weighted by Gasteiger charge is 2.22. The molecular weight excluding hydrogens is 362 g/mol. The largest absolute Gasteiger partial charge is 0.464 e. The first-order valence-corrected chi connectivity index (χ1v) is 10.2. The van der Waals surface area contributed by atoms with Crippen molar-refractivity contribution in [3.8, 4) is 0 Å². The SMILES string of the molecule is CCCCN(CCCC)c1nc2c(/C(=N/OC)C(=O)OC)cc(C)cc2s1. The molecule has 0 saturated heterocycles. The number of fused-ring (bicyclic) bond motifs is 1. The van der Waals surface area contributed by atoms with Crippen LogP contribution in [0.2, 0.25) is 0 Å². The van der Waals surface area contributed by atoms with Crippen LogP contribution in [0.15, 0.2) is 17.3 Å². The molecule has 0 bridgehead atoms. The van der Waals surface area contributed by atoms with E-state index in [0.29, 0.717) is 5.56 Å². The first kappa shape index (κ1) is 21.2. The maximum atomic E-state index is 12.2. The molecule has 0 saturated carbocycles. The quantitative estimate of drug-likeness (QED) is 0.338. The van der Waals surface area contributed by atoms with Crippen LogP contribution >= 0.6 is 11.3 Å². The molecule has 0 spiro atoms. The van der Waals surface area contributed by atoms with Gasteiger partial charge in [-0.05, 0) is 37.5 Å². The van der Waals surface area contributed by atoms with Gasteiger partial charge in [-0.15, -0.1) is 0 Å². The molecular formula is C20H29N3O3S. The summed E-state index contributed by atoms with van der Waals surface area (Å²) in [6.45, 7) is 8.36. The fourth-order valence-corrected chi connectivity index (χ4v) is 4.00. The lowest BCUT2D eigenvalue weighted by Crippen LogP contribution is -2.25. The van der Waals surface area contributed by atoms with Crippen LogP contribution < -0.4 is 4.90 Å². The molecule has 2 aromatic rings. The van der Waals surface area contributed by atoms with Gasteiger partial charge >= 0.3 is 5.97 Å². The number of unbranched alkanes of at least 4 members (excludes halogenated alkanes) is 2. The van der Waals surface area contributed by atoms with Crippen LogP contribution in [0.25, 0.3) is 10.2 Å². The molecule has 7 heteroatoms. The number of hydrogen-bond acceptors (Lipinski definition) is 7. The Balaban J connectivity index is 2.54. The van der Waals surface area contributed by atoms with Crippen molar-refractivity contribution < 1.29 is 14.4 Å². The van der Waals surface area contributed by atoms with E-state index in [4.69, 9.17) is 14.6 Å². The Hall–Kier alpha value is -2.15. The average Bonchev–Trinajstić information content (AvgIpc) is 3.08. The summed E-state index contributed by atoms with van der Waals surface area (Å²) in [6.07, 6.45) is 4.55. The zero-order valence-corrected chi connectivity index (χ0v) is 17.7. The van der Waals surface area contributed by atoms with E-state index in [0.717, 1.165) is 59.7 Å². The molecule has 0 radical (unpaired) electrons. The molecule has 27 heavy (non-hydrogen) atoms. The van der Waals surface area contributed by atoms with Crippen molar-refractivity contribution in [3.05, 3.63) is 23.3 Å². The maximum absolute atomic E-state index is 12.2. The van der Waals surface area contributed by atoms with Gasteiger partial charge in [0.05, 0.1) is 17.3 Å². The van der Waals surface area contributed by atoms with Gasteiger partial charge in [-0.3, -0.25) is 0 Å². The van der Waals surface area contributed by atoms with Gasteiger partial charge in [0.15, 0.2) is 10.8 Å². The Morgan fingerprint density at radius 2 is 1.85 bits per heavy atom. The van der Waals surface area contributed by atoms with Crippen LogP contribution in [0.5, 0.6) is 0 Å². The zero-order chi connectivity index (χ0) is 19.8. The molecule has 2 rings (SSSR count). The number of oxime groups is 1. The number of thiazole rings is 1. The van der Waals surface area contributed by atoms with Crippen molar-refractivity contribution >= 4 is 38.4 Å². The standard InChI is InChI=1S/C20H29N3O3S/c1-6-8-10-23(11-9-7-2)20-21-17-15(12-14(3)13-16(17)27-20)18(22-26-5)19(24)25-4/h12-13H,6-11H2,1-5H3/b22-18-. The van der Waals surface area contributed by atoms with Gasteiger partial charge in [-0.1, -0.05) is 43.2 Å². The molecule has 0 aliphatic rings. The third-order valence-electron chi connectivity index (χ3n) is 4.28. The van der Waals surface area contributed by atoms with Gasteiger partial charge in [0, 0.05) is 18.7 Å². The molecule has 1 heterocycles. The summed E-state index contributed by atoms with van der Waals surface area (Å²) < 4.78 is 5.92. The fraction of sp³-hybridized carbons (Fsp3) is 0.550. The molecule has 0 amide bonds. The number of benzene rings is 1. The van der Waals surface area contributed by atoms with Crippen molar-refractivity contribution in [3.63, 3.8) is 0 Å². The van der Waals surface area contributed by atoms with Crippen molar-refractivity contribution in [1.29, 1.82) is 0 Å². The van der Waals surface area contributed by atoms with Crippen molar-refractivity contribution in [2.24, 2.45) is 5.16 Å². The number of carbonyl (C=O) groups excluding carboxylic acids is 1. The van der Waals surface area contributed by atoms with E-state index in [2.05, 4.69) is 30.0 Å². The van der Waals surface area contributed by atoms with E-state index in [1.807, 2.05) is 13.0 Å². The topological polar surface area (TPSA) is 64.0 Å². The smallest absolute Gasteiger partial charge is 0.360 e. The summed E-state index contributed by atoms with van der Waals surface area (Å²) in [5.74, 6) is -0.535. The number of aromatic nitrogens is 1. The number of methoxy groups -OCH3 is 1. The van der Waals surface area contributed by atoms with Gasteiger partial charge in [0.2, 0.25) is 0 Å². The highest BCUT2D eigenvalue weighted by atomic mass is 32.1. The van der Waals surface area contributed by atoms with E-state index < -0.39 is 5.97 Å². The summed E-state index contributed by atoms with van der Waals surface area (Å²) in [5, 5.41) is 4.89. The molecule has 0 unspecified atom stereocenters. The highest BCUT2D eigenvalue weighted by molar-refractivity contribution is 7.22. The molecule has 0 atom stereocenters. The van der Waals surface area contributed by atoms with Gasteiger partial charge in [0.1, 0.15) is 7.11 Å².